The van der Waals surface area contributed by atoms with Crippen molar-refractivity contribution in [2.24, 2.45) is 5.92 Å². The van der Waals surface area contributed by atoms with Crippen LogP contribution in [-0.2, 0) is 4.79 Å². The van der Waals surface area contributed by atoms with Crippen molar-refractivity contribution in [2.45, 2.75) is 25.9 Å². The molecule has 5 heteroatoms. The molecule has 0 radical (unpaired) electrons. The summed E-state index contributed by atoms with van der Waals surface area (Å²) in [6.45, 7) is 3.23. The number of hydrogen-bond acceptors (Lipinski definition) is 3. The van der Waals surface area contributed by atoms with Gasteiger partial charge in [-0.15, -0.1) is 0 Å². The second-order valence-electron chi connectivity index (χ2n) is 5.20. The molecule has 0 aromatic heterocycles. The Morgan fingerprint density at radius 3 is 2.95 bits per heavy atom. The number of aliphatic hydroxyl groups excluding tert-OH is 1. The molecule has 1 saturated heterocycles. The van der Waals surface area contributed by atoms with Crippen LogP contribution in [0.5, 0.6) is 5.75 Å². The molecule has 2 atom stereocenters. The molecule has 1 aromatic rings. The summed E-state index contributed by atoms with van der Waals surface area (Å²) >= 11 is 0. The Morgan fingerprint density at radius 1 is 1.50 bits per heavy atom. The van der Waals surface area contributed by atoms with Crippen LogP contribution in [0.1, 0.15) is 19.8 Å². The molecule has 20 heavy (non-hydrogen) atoms. The largest absolute Gasteiger partial charge is 0.490 e. The second kappa shape index (κ2) is 6.70. The topological polar surface area (TPSA) is 49.8 Å². The molecule has 1 heterocycles. The van der Waals surface area contributed by atoms with E-state index in [1.807, 2.05) is 6.92 Å². The Bertz CT molecular complexity index is 466. The zero-order chi connectivity index (χ0) is 14.5. The first-order valence-electron chi connectivity index (χ1n) is 6.91. The number of amides is 1. The predicted molar refractivity (Wildman–Crippen MR) is 72.9 cm³/mol. The van der Waals surface area contributed by atoms with Crippen molar-refractivity contribution < 1.29 is 19.0 Å². The summed E-state index contributed by atoms with van der Waals surface area (Å²) in [6.07, 6.45) is 0.506. The minimum atomic E-state index is -0.422. The minimum Gasteiger partial charge on any atom is -0.490 e. The summed E-state index contributed by atoms with van der Waals surface area (Å²) in [6, 6.07) is 6.14. The number of aliphatic hydroxyl groups is 1. The van der Waals surface area contributed by atoms with E-state index < -0.39 is 5.82 Å². The van der Waals surface area contributed by atoms with E-state index in [9.17, 15) is 14.3 Å². The average Bonchev–Trinajstić information content (AvgIpc) is 2.44. The number of hydrogen-bond donors (Lipinski definition) is 1. The molecule has 1 aliphatic rings. The van der Waals surface area contributed by atoms with Crippen LogP contribution in [-0.4, -0.2) is 41.7 Å². The molecule has 0 spiro atoms. The summed E-state index contributed by atoms with van der Waals surface area (Å²) in [5.74, 6) is -0.169. The normalized spacial score (nSPS) is 22.6. The fraction of sp³-hybridized carbons (Fsp3) is 0.533. The minimum absolute atomic E-state index is 0.0138. The highest BCUT2D eigenvalue weighted by molar-refractivity contribution is 5.76. The molecule has 1 aliphatic heterocycles. The van der Waals surface area contributed by atoms with Crippen LogP contribution in [0.2, 0.25) is 0 Å². The molecular weight excluding hydrogens is 261 g/mol. The highest BCUT2D eigenvalue weighted by Crippen LogP contribution is 2.18. The van der Waals surface area contributed by atoms with Gasteiger partial charge in [-0.25, -0.2) is 4.39 Å². The van der Waals surface area contributed by atoms with E-state index in [-0.39, 0.29) is 36.7 Å². The number of carbonyl (C=O) groups is 1. The van der Waals surface area contributed by atoms with Crippen LogP contribution >= 0.6 is 0 Å². The van der Waals surface area contributed by atoms with Crippen molar-refractivity contribution in [3.05, 3.63) is 30.1 Å². The van der Waals surface area contributed by atoms with Gasteiger partial charge in [0.2, 0.25) is 5.91 Å². The maximum absolute atomic E-state index is 13.3. The van der Waals surface area contributed by atoms with Gasteiger partial charge < -0.3 is 14.7 Å². The van der Waals surface area contributed by atoms with E-state index in [0.29, 0.717) is 19.5 Å². The van der Waals surface area contributed by atoms with E-state index in [1.165, 1.54) is 6.07 Å². The molecule has 1 fully saturated rings. The third-order valence-electron chi connectivity index (χ3n) is 3.62. The summed E-state index contributed by atoms with van der Waals surface area (Å²) in [4.78, 5) is 13.7. The lowest BCUT2D eigenvalue weighted by Crippen LogP contribution is -2.45. The lowest BCUT2D eigenvalue weighted by molar-refractivity contribution is -0.135. The van der Waals surface area contributed by atoms with Gasteiger partial charge in [0, 0.05) is 13.1 Å². The van der Waals surface area contributed by atoms with Crippen LogP contribution in [0.25, 0.3) is 0 Å². The van der Waals surface area contributed by atoms with Crippen LogP contribution < -0.4 is 4.74 Å². The molecular formula is C15H20FNO3. The number of nitrogens with zero attached hydrogens (tertiary/aromatic N) is 1. The number of piperidine rings is 1. The first kappa shape index (κ1) is 14.8. The fourth-order valence-corrected chi connectivity index (χ4v) is 2.33. The van der Waals surface area contributed by atoms with E-state index in [1.54, 1.807) is 23.1 Å². The molecule has 1 amide bonds. The Hall–Kier alpha value is -1.62. The monoisotopic (exact) mass is 281 g/mol. The third kappa shape index (κ3) is 3.70. The number of halogens is 1. The number of likely N-dealkylation sites (tertiary alicyclic amines) is 1. The zero-order valence-electron chi connectivity index (χ0n) is 11.6. The summed E-state index contributed by atoms with van der Waals surface area (Å²) in [5, 5.41) is 9.63. The number of ether oxygens (including phenoxy) is 1. The van der Waals surface area contributed by atoms with Crippen molar-refractivity contribution >= 4 is 5.91 Å². The van der Waals surface area contributed by atoms with Gasteiger partial charge in [0.15, 0.2) is 11.6 Å². The van der Waals surface area contributed by atoms with Crippen molar-refractivity contribution in [3.63, 3.8) is 0 Å². The van der Waals surface area contributed by atoms with Crippen LogP contribution in [0.4, 0.5) is 4.39 Å². The van der Waals surface area contributed by atoms with Gasteiger partial charge in [-0.1, -0.05) is 19.1 Å². The van der Waals surface area contributed by atoms with E-state index >= 15 is 0 Å². The quantitative estimate of drug-likeness (QED) is 0.916. The third-order valence-corrected chi connectivity index (χ3v) is 3.62. The van der Waals surface area contributed by atoms with Gasteiger partial charge >= 0.3 is 0 Å². The van der Waals surface area contributed by atoms with Gasteiger partial charge in [0.05, 0.1) is 19.1 Å². The lowest BCUT2D eigenvalue weighted by atomic mass is 9.96. The van der Waals surface area contributed by atoms with Crippen LogP contribution in [0.15, 0.2) is 24.3 Å². The zero-order valence-corrected chi connectivity index (χ0v) is 11.6. The molecule has 0 aliphatic carbocycles. The van der Waals surface area contributed by atoms with Gasteiger partial charge in [-0.05, 0) is 24.5 Å². The highest BCUT2D eigenvalue weighted by Gasteiger charge is 2.26. The van der Waals surface area contributed by atoms with Crippen molar-refractivity contribution in [1.29, 1.82) is 0 Å². The van der Waals surface area contributed by atoms with Crippen LogP contribution in [0.3, 0.4) is 0 Å². The maximum atomic E-state index is 13.3. The molecule has 0 saturated carbocycles. The van der Waals surface area contributed by atoms with Crippen molar-refractivity contribution in [3.8, 4) is 5.75 Å². The molecule has 1 aromatic carbocycles. The van der Waals surface area contributed by atoms with Gasteiger partial charge in [-0.2, -0.15) is 0 Å². The van der Waals surface area contributed by atoms with Crippen molar-refractivity contribution in [2.75, 3.05) is 19.7 Å². The van der Waals surface area contributed by atoms with E-state index in [4.69, 9.17) is 4.74 Å². The number of para-hydroxylation sites is 1. The molecule has 2 rings (SSSR count). The smallest absolute Gasteiger partial charge is 0.226 e. The number of rotatable bonds is 4. The first-order valence-corrected chi connectivity index (χ1v) is 6.91. The predicted octanol–water partition coefficient (Wildman–Crippen LogP) is 1.82. The number of carbonyl (C=O) groups excluding carboxylic acids is 1. The maximum Gasteiger partial charge on any atom is 0.226 e. The van der Waals surface area contributed by atoms with Crippen molar-refractivity contribution in [1.82, 2.24) is 4.90 Å². The number of benzene rings is 1. The lowest BCUT2D eigenvalue weighted by Gasteiger charge is -2.34. The summed E-state index contributed by atoms with van der Waals surface area (Å²) in [7, 11) is 0. The molecule has 2 unspecified atom stereocenters. The van der Waals surface area contributed by atoms with Crippen LogP contribution in [0, 0.1) is 11.7 Å². The molecule has 1 N–H and O–H groups in total. The highest BCUT2D eigenvalue weighted by atomic mass is 19.1. The first-order chi connectivity index (χ1) is 9.58. The standard InChI is InChI=1S/C15H20FNO3/c1-11-10-17(8-6-13(11)18)15(19)7-9-20-14-5-3-2-4-12(14)16/h2-5,11,13,18H,6-10H2,1H3. The fourth-order valence-electron chi connectivity index (χ4n) is 2.33. The van der Waals surface area contributed by atoms with Gasteiger partial charge in [-0.3, -0.25) is 4.79 Å². The average molecular weight is 281 g/mol. The Morgan fingerprint density at radius 2 is 2.25 bits per heavy atom. The second-order valence-corrected chi connectivity index (χ2v) is 5.20. The van der Waals surface area contributed by atoms with E-state index in [2.05, 4.69) is 0 Å². The van der Waals surface area contributed by atoms with Gasteiger partial charge in [0.1, 0.15) is 0 Å². The Balaban J connectivity index is 1.77. The Labute approximate surface area is 118 Å². The summed E-state index contributed by atoms with van der Waals surface area (Å²) < 4.78 is 18.6. The van der Waals surface area contributed by atoms with E-state index in [0.717, 1.165) is 0 Å². The molecule has 0 bridgehead atoms. The SMILES string of the molecule is CC1CN(C(=O)CCOc2ccccc2F)CCC1O. The summed E-state index contributed by atoms with van der Waals surface area (Å²) in [5.41, 5.74) is 0. The molecule has 4 nitrogen and oxygen atoms in total. The van der Waals surface area contributed by atoms with Gasteiger partial charge in [0.25, 0.3) is 0 Å². The Kier molecular flexibility index (Phi) is 4.95. The molecule has 110 valence electrons.